The van der Waals surface area contributed by atoms with Gasteiger partial charge in [-0.2, -0.15) is 0 Å². The minimum atomic E-state index is 0.302. The Bertz CT molecular complexity index is 354. The van der Waals surface area contributed by atoms with E-state index in [0.29, 0.717) is 24.5 Å². The zero-order valence-electron chi connectivity index (χ0n) is 10.4. The Morgan fingerprint density at radius 3 is 2.94 bits per heavy atom. The van der Waals surface area contributed by atoms with Crippen molar-refractivity contribution in [3.63, 3.8) is 0 Å². The minimum absolute atomic E-state index is 0.302. The number of nitrogens with one attached hydrogen (secondary N) is 1. The molecule has 17 heavy (non-hydrogen) atoms. The molecule has 1 fully saturated rings. The molecule has 1 aliphatic rings. The van der Waals surface area contributed by atoms with Crippen molar-refractivity contribution < 1.29 is 9.84 Å². The van der Waals surface area contributed by atoms with Crippen LogP contribution >= 0.6 is 0 Å². The third-order valence-corrected chi connectivity index (χ3v) is 3.45. The van der Waals surface area contributed by atoms with Crippen LogP contribution in [-0.4, -0.2) is 24.3 Å². The zero-order valence-corrected chi connectivity index (χ0v) is 10.4. The molecule has 0 spiro atoms. The van der Waals surface area contributed by atoms with Crippen molar-refractivity contribution in [2.45, 2.75) is 44.4 Å². The molecule has 0 heterocycles. The summed E-state index contributed by atoms with van der Waals surface area (Å²) >= 11 is 0. The van der Waals surface area contributed by atoms with Crippen molar-refractivity contribution in [2.75, 3.05) is 7.05 Å². The van der Waals surface area contributed by atoms with E-state index in [1.165, 1.54) is 19.3 Å². The lowest BCUT2D eigenvalue weighted by Crippen LogP contribution is -2.41. The van der Waals surface area contributed by atoms with Gasteiger partial charge in [0.25, 0.3) is 0 Å². The van der Waals surface area contributed by atoms with Crippen molar-refractivity contribution in [1.82, 2.24) is 5.32 Å². The molecule has 3 nitrogen and oxygen atoms in total. The van der Waals surface area contributed by atoms with E-state index in [-0.39, 0.29) is 0 Å². The number of rotatable bonds is 4. The summed E-state index contributed by atoms with van der Waals surface area (Å²) < 4.78 is 5.95. The molecule has 1 saturated carbocycles. The molecule has 0 aromatic heterocycles. The second kappa shape index (κ2) is 6.03. The van der Waals surface area contributed by atoms with Crippen molar-refractivity contribution in [2.24, 2.45) is 0 Å². The fraction of sp³-hybridized carbons (Fsp3) is 0.571. The van der Waals surface area contributed by atoms with Crippen LogP contribution in [0, 0.1) is 0 Å². The lowest BCUT2D eigenvalue weighted by Gasteiger charge is -2.31. The summed E-state index contributed by atoms with van der Waals surface area (Å²) in [5.41, 5.74) is 1.03. The van der Waals surface area contributed by atoms with Gasteiger partial charge in [-0.1, -0.05) is 25.0 Å². The number of hydrogen-bond acceptors (Lipinski definition) is 3. The van der Waals surface area contributed by atoms with Crippen LogP contribution in [0.5, 0.6) is 5.75 Å². The predicted molar refractivity (Wildman–Crippen MR) is 68.0 cm³/mol. The van der Waals surface area contributed by atoms with Gasteiger partial charge in [-0.25, -0.2) is 0 Å². The molecular weight excluding hydrogens is 214 g/mol. The molecule has 1 aromatic rings. The fourth-order valence-corrected chi connectivity index (χ4v) is 2.48. The van der Waals surface area contributed by atoms with Crippen LogP contribution < -0.4 is 5.32 Å². The van der Waals surface area contributed by atoms with E-state index in [2.05, 4.69) is 5.32 Å². The quantitative estimate of drug-likeness (QED) is 0.842. The minimum Gasteiger partial charge on any atom is -0.508 e. The first-order valence-electron chi connectivity index (χ1n) is 6.36. The zero-order chi connectivity index (χ0) is 12.1. The molecule has 3 heteroatoms. The molecule has 0 amide bonds. The van der Waals surface area contributed by atoms with Gasteiger partial charge in [-0.15, -0.1) is 0 Å². The number of likely N-dealkylation sites (N-methyl/N-ethyl adjacent to an activating group) is 1. The number of aromatic hydroxyl groups is 1. The molecule has 0 bridgehead atoms. The van der Waals surface area contributed by atoms with Gasteiger partial charge in [0.05, 0.1) is 12.7 Å². The highest BCUT2D eigenvalue weighted by molar-refractivity contribution is 5.26. The smallest absolute Gasteiger partial charge is 0.115 e. The second-order valence-electron chi connectivity index (χ2n) is 4.70. The molecule has 2 unspecified atom stereocenters. The highest BCUT2D eigenvalue weighted by atomic mass is 16.5. The van der Waals surface area contributed by atoms with Gasteiger partial charge in [0, 0.05) is 6.04 Å². The van der Waals surface area contributed by atoms with Crippen LogP contribution in [0.1, 0.15) is 31.2 Å². The van der Waals surface area contributed by atoms with E-state index in [0.717, 1.165) is 12.0 Å². The predicted octanol–water partition coefficient (Wildman–Crippen LogP) is 2.44. The Labute approximate surface area is 103 Å². The molecule has 2 rings (SSSR count). The molecule has 1 aliphatic carbocycles. The Morgan fingerprint density at radius 2 is 2.18 bits per heavy atom. The Kier molecular flexibility index (Phi) is 4.40. The first-order chi connectivity index (χ1) is 8.29. The van der Waals surface area contributed by atoms with Crippen LogP contribution in [0.3, 0.4) is 0 Å². The number of phenols is 1. The Hall–Kier alpha value is -1.06. The summed E-state index contributed by atoms with van der Waals surface area (Å²) in [6.07, 6.45) is 5.17. The maximum atomic E-state index is 9.38. The standard InChI is InChI=1S/C14H21NO2/c1-15-13-7-2-3-8-14(13)17-10-11-5-4-6-12(16)9-11/h4-6,9,13-16H,2-3,7-8,10H2,1H3. The summed E-state index contributed by atoms with van der Waals surface area (Å²) in [5, 5.41) is 12.7. The third-order valence-electron chi connectivity index (χ3n) is 3.45. The molecule has 2 atom stereocenters. The van der Waals surface area contributed by atoms with Crippen molar-refractivity contribution in [3.05, 3.63) is 29.8 Å². The van der Waals surface area contributed by atoms with Crippen LogP contribution in [0.4, 0.5) is 0 Å². The van der Waals surface area contributed by atoms with E-state index in [4.69, 9.17) is 4.74 Å². The average Bonchev–Trinajstić information content (AvgIpc) is 2.37. The van der Waals surface area contributed by atoms with Crippen LogP contribution in [0.2, 0.25) is 0 Å². The van der Waals surface area contributed by atoms with Crippen molar-refractivity contribution in [3.8, 4) is 5.75 Å². The van der Waals surface area contributed by atoms with E-state index < -0.39 is 0 Å². The highest BCUT2D eigenvalue weighted by Crippen LogP contribution is 2.22. The summed E-state index contributed by atoms with van der Waals surface area (Å²) in [6.45, 7) is 0.581. The van der Waals surface area contributed by atoms with E-state index in [9.17, 15) is 5.11 Å². The molecule has 0 radical (unpaired) electrons. The van der Waals surface area contributed by atoms with Gasteiger partial charge in [0.1, 0.15) is 5.75 Å². The molecular formula is C14H21NO2. The molecule has 94 valence electrons. The van der Waals surface area contributed by atoms with Gasteiger partial charge in [-0.3, -0.25) is 0 Å². The molecule has 0 aliphatic heterocycles. The fourth-order valence-electron chi connectivity index (χ4n) is 2.48. The Balaban J connectivity index is 1.88. The largest absolute Gasteiger partial charge is 0.508 e. The monoisotopic (exact) mass is 235 g/mol. The summed E-state index contributed by atoms with van der Waals surface area (Å²) in [6, 6.07) is 7.75. The van der Waals surface area contributed by atoms with Gasteiger partial charge >= 0.3 is 0 Å². The SMILES string of the molecule is CNC1CCCCC1OCc1cccc(O)c1. The molecule has 2 N–H and O–H groups in total. The summed E-state index contributed by atoms with van der Waals surface area (Å²) in [5.74, 6) is 0.305. The van der Waals surface area contributed by atoms with Gasteiger partial charge in [0.2, 0.25) is 0 Å². The topological polar surface area (TPSA) is 41.5 Å². The van der Waals surface area contributed by atoms with Crippen molar-refractivity contribution in [1.29, 1.82) is 0 Å². The molecule has 1 aromatic carbocycles. The van der Waals surface area contributed by atoms with Crippen LogP contribution in [0.25, 0.3) is 0 Å². The van der Waals surface area contributed by atoms with Gasteiger partial charge < -0.3 is 15.2 Å². The number of ether oxygens (including phenoxy) is 1. The first-order valence-corrected chi connectivity index (χ1v) is 6.36. The van der Waals surface area contributed by atoms with Gasteiger partial charge in [0.15, 0.2) is 0 Å². The number of hydrogen-bond donors (Lipinski definition) is 2. The summed E-state index contributed by atoms with van der Waals surface area (Å²) in [7, 11) is 2.00. The lowest BCUT2D eigenvalue weighted by atomic mass is 9.92. The number of phenolic OH excluding ortho intramolecular Hbond substituents is 1. The van der Waals surface area contributed by atoms with Crippen LogP contribution in [0.15, 0.2) is 24.3 Å². The van der Waals surface area contributed by atoms with E-state index in [1.54, 1.807) is 12.1 Å². The van der Waals surface area contributed by atoms with E-state index >= 15 is 0 Å². The lowest BCUT2D eigenvalue weighted by molar-refractivity contribution is -0.00366. The third kappa shape index (κ3) is 3.45. The first kappa shape index (κ1) is 12.4. The maximum absolute atomic E-state index is 9.38. The average molecular weight is 235 g/mol. The van der Waals surface area contributed by atoms with Crippen molar-refractivity contribution >= 4 is 0 Å². The van der Waals surface area contributed by atoms with E-state index in [1.807, 2.05) is 19.2 Å². The Morgan fingerprint density at radius 1 is 1.35 bits per heavy atom. The summed E-state index contributed by atoms with van der Waals surface area (Å²) in [4.78, 5) is 0. The maximum Gasteiger partial charge on any atom is 0.115 e. The highest BCUT2D eigenvalue weighted by Gasteiger charge is 2.24. The number of benzene rings is 1. The van der Waals surface area contributed by atoms with Crippen LogP contribution in [-0.2, 0) is 11.3 Å². The van der Waals surface area contributed by atoms with Gasteiger partial charge in [-0.05, 0) is 37.6 Å². The molecule has 0 saturated heterocycles. The second-order valence-corrected chi connectivity index (χ2v) is 4.70. The normalized spacial score (nSPS) is 24.8.